The molecule has 0 saturated carbocycles. The summed E-state index contributed by atoms with van der Waals surface area (Å²) in [6, 6.07) is 10.7. The van der Waals surface area contributed by atoms with Crippen LogP contribution in [0.25, 0.3) is 0 Å². The van der Waals surface area contributed by atoms with Crippen molar-refractivity contribution in [3.05, 3.63) is 64.9 Å². The number of aromatic nitrogens is 1. The average Bonchev–Trinajstić information content (AvgIpc) is 3.17. The van der Waals surface area contributed by atoms with E-state index < -0.39 is 47.4 Å². The molecule has 4 rings (SSSR count). The lowest BCUT2D eigenvalue weighted by atomic mass is 9.74. The van der Waals surface area contributed by atoms with Gasteiger partial charge in [-0.2, -0.15) is 18.3 Å². The number of amides is 3. The number of alkyl halides is 3. The largest absolute Gasteiger partial charge is 0.408 e. The van der Waals surface area contributed by atoms with Gasteiger partial charge in [0.25, 0.3) is 5.91 Å². The van der Waals surface area contributed by atoms with Gasteiger partial charge >= 0.3 is 6.18 Å². The van der Waals surface area contributed by atoms with Crippen LogP contribution in [0, 0.1) is 5.41 Å². The zero-order chi connectivity index (χ0) is 30.7. The van der Waals surface area contributed by atoms with Crippen LogP contribution in [0.15, 0.2) is 53.8 Å². The third-order valence-electron chi connectivity index (χ3n) is 7.02. The summed E-state index contributed by atoms with van der Waals surface area (Å²) < 4.78 is 45.6. The number of nitrogens with one attached hydrogen (secondary N) is 1. The number of nitrogens with zero attached hydrogens (tertiary/aromatic N) is 4. The van der Waals surface area contributed by atoms with Gasteiger partial charge in [0.15, 0.2) is 0 Å². The molecule has 14 heteroatoms. The van der Waals surface area contributed by atoms with Crippen molar-refractivity contribution < 1.29 is 32.3 Å². The lowest BCUT2D eigenvalue weighted by Crippen LogP contribution is -2.61. The van der Waals surface area contributed by atoms with Crippen molar-refractivity contribution in [3.8, 4) is 0 Å². The number of hydrogen-bond donors (Lipinski definition) is 2. The van der Waals surface area contributed by atoms with E-state index in [4.69, 9.17) is 22.1 Å². The fraction of sp³-hybridized carbons (Fsp3) is 0.464. The van der Waals surface area contributed by atoms with Crippen molar-refractivity contribution in [1.29, 1.82) is 0 Å². The summed E-state index contributed by atoms with van der Waals surface area (Å²) in [6.45, 7) is 1.15. The molecule has 0 unspecified atom stereocenters. The maximum atomic E-state index is 13.9. The molecule has 3 amide bonds. The summed E-state index contributed by atoms with van der Waals surface area (Å²) >= 11 is 5.93. The number of fused-ring (bicyclic) bond motifs is 1. The standard InChI is InChI=1S/C28H32ClF3N6O4/c1-26(2,33)24(40)35-21(15-42-14-18-6-8-19(29)9-7-18)23(39)37-12-10-22-27(16-37,13-20-5-3-4-11-34-20)25(41)38(36-22)17-28(30,31)32/h3-9,11,21H,10,12-17,33H2,1-2H3,(H,35,40)/t21-,27-/m1/s1. The van der Waals surface area contributed by atoms with E-state index in [1.165, 1.54) is 24.9 Å². The Bertz CT molecular complexity index is 1330. The minimum atomic E-state index is -4.67. The Labute approximate surface area is 246 Å². The van der Waals surface area contributed by atoms with Gasteiger partial charge in [0.1, 0.15) is 18.0 Å². The number of pyridine rings is 1. The Morgan fingerprint density at radius 1 is 1.19 bits per heavy atom. The van der Waals surface area contributed by atoms with Crippen molar-refractivity contribution in [2.75, 3.05) is 26.2 Å². The first kappa shape index (κ1) is 31.4. The van der Waals surface area contributed by atoms with Gasteiger partial charge in [0.05, 0.1) is 24.5 Å². The van der Waals surface area contributed by atoms with E-state index in [9.17, 15) is 27.6 Å². The quantitative estimate of drug-likeness (QED) is 0.427. The number of piperidine rings is 1. The second-order valence-corrected chi connectivity index (χ2v) is 11.4. The smallest absolute Gasteiger partial charge is 0.374 e. The fourth-order valence-corrected chi connectivity index (χ4v) is 5.00. The number of ether oxygens (including phenoxy) is 1. The normalized spacial score (nSPS) is 19.8. The molecule has 0 aliphatic carbocycles. The summed E-state index contributed by atoms with van der Waals surface area (Å²) in [7, 11) is 0. The highest BCUT2D eigenvalue weighted by atomic mass is 35.5. The van der Waals surface area contributed by atoms with Crippen LogP contribution in [0.3, 0.4) is 0 Å². The van der Waals surface area contributed by atoms with Crippen molar-refractivity contribution in [3.63, 3.8) is 0 Å². The van der Waals surface area contributed by atoms with Crippen LogP contribution < -0.4 is 11.1 Å². The Morgan fingerprint density at radius 2 is 1.90 bits per heavy atom. The van der Waals surface area contributed by atoms with E-state index in [-0.39, 0.29) is 44.9 Å². The van der Waals surface area contributed by atoms with Crippen LogP contribution >= 0.6 is 11.6 Å². The molecule has 1 aromatic carbocycles. The molecule has 2 atom stereocenters. The maximum Gasteiger partial charge on any atom is 0.408 e. The first-order chi connectivity index (χ1) is 19.7. The van der Waals surface area contributed by atoms with Crippen LogP contribution in [-0.4, -0.2) is 82.3 Å². The predicted octanol–water partition coefficient (Wildman–Crippen LogP) is 2.70. The predicted molar refractivity (Wildman–Crippen MR) is 148 cm³/mol. The fourth-order valence-electron chi connectivity index (χ4n) is 4.88. The Morgan fingerprint density at radius 3 is 2.52 bits per heavy atom. The Balaban J connectivity index is 1.58. The highest BCUT2D eigenvalue weighted by molar-refractivity contribution is 6.30. The molecule has 2 aromatic rings. The van der Waals surface area contributed by atoms with Gasteiger partial charge in [-0.1, -0.05) is 29.8 Å². The molecule has 1 fully saturated rings. The number of nitrogens with two attached hydrogens (primary N) is 1. The van der Waals surface area contributed by atoms with Crippen LogP contribution in [0.5, 0.6) is 0 Å². The van der Waals surface area contributed by atoms with Gasteiger partial charge in [-0.05, 0) is 43.7 Å². The second kappa shape index (κ2) is 12.4. The molecule has 2 aliphatic rings. The van der Waals surface area contributed by atoms with E-state index in [1.54, 1.807) is 42.5 Å². The number of hydrazone groups is 1. The van der Waals surface area contributed by atoms with Gasteiger partial charge in [0, 0.05) is 42.8 Å². The molecule has 10 nitrogen and oxygen atoms in total. The number of halogens is 4. The molecule has 2 aliphatic heterocycles. The molecular formula is C28H32ClF3N6O4. The minimum absolute atomic E-state index is 0.0520. The lowest BCUT2D eigenvalue weighted by Gasteiger charge is -2.40. The first-order valence-electron chi connectivity index (χ1n) is 13.3. The van der Waals surface area contributed by atoms with Gasteiger partial charge < -0.3 is 20.7 Å². The zero-order valence-electron chi connectivity index (χ0n) is 23.2. The summed E-state index contributed by atoms with van der Waals surface area (Å²) in [6.07, 6.45) is -3.14. The van der Waals surface area contributed by atoms with E-state index in [0.29, 0.717) is 15.7 Å². The van der Waals surface area contributed by atoms with Gasteiger partial charge in [-0.3, -0.25) is 19.4 Å². The lowest BCUT2D eigenvalue weighted by molar-refractivity contribution is -0.164. The summed E-state index contributed by atoms with van der Waals surface area (Å²) in [5, 5.41) is 7.66. The highest BCUT2D eigenvalue weighted by Gasteiger charge is 2.56. The van der Waals surface area contributed by atoms with Crippen LogP contribution in [0.4, 0.5) is 13.2 Å². The minimum Gasteiger partial charge on any atom is -0.374 e. The third-order valence-corrected chi connectivity index (χ3v) is 7.27. The average molecular weight is 609 g/mol. The number of carbonyl (C=O) groups is 3. The van der Waals surface area contributed by atoms with Crippen molar-refractivity contribution in [2.45, 2.75) is 51.1 Å². The van der Waals surface area contributed by atoms with Crippen molar-refractivity contribution >= 4 is 35.0 Å². The molecule has 1 saturated heterocycles. The van der Waals surface area contributed by atoms with Crippen molar-refractivity contribution in [1.82, 2.24) is 20.2 Å². The number of rotatable bonds is 10. The van der Waals surface area contributed by atoms with E-state index in [2.05, 4.69) is 15.4 Å². The molecule has 42 heavy (non-hydrogen) atoms. The summed E-state index contributed by atoms with van der Waals surface area (Å²) in [4.78, 5) is 45.8. The molecule has 3 heterocycles. The highest BCUT2D eigenvalue weighted by Crippen LogP contribution is 2.39. The molecule has 226 valence electrons. The molecule has 1 aromatic heterocycles. The van der Waals surface area contributed by atoms with E-state index in [0.717, 1.165) is 5.56 Å². The van der Waals surface area contributed by atoms with Gasteiger partial charge in [0.2, 0.25) is 11.8 Å². The zero-order valence-corrected chi connectivity index (χ0v) is 23.9. The number of carbonyl (C=O) groups excluding carboxylic acids is 3. The number of likely N-dealkylation sites (tertiary alicyclic amines) is 1. The number of benzene rings is 1. The third kappa shape index (κ3) is 7.44. The topological polar surface area (TPSA) is 130 Å². The van der Waals surface area contributed by atoms with Gasteiger partial charge in [-0.15, -0.1) is 0 Å². The van der Waals surface area contributed by atoms with Crippen LogP contribution in [-0.2, 0) is 32.1 Å². The molecule has 0 bridgehead atoms. The first-order valence-corrected chi connectivity index (χ1v) is 13.6. The van der Waals surface area contributed by atoms with Crippen LogP contribution in [0.1, 0.15) is 31.5 Å². The SMILES string of the molecule is CC(C)(N)C(=O)N[C@H](COCc1ccc(Cl)cc1)C(=O)N1CCC2=NN(CC(F)(F)F)C(=O)[C@]2(Cc2ccccn2)C1. The summed E-state index contributed by atoms with van der Waals surface area (Å²) in [5.41, 5.74) is 4.60. The number of hydrogen-bond acceptors (Lipinski definition) is 7. The summed E-state index contributed by atoms with van der Waals surface area (Å²) in [5.74, 6) is -2.03. The van der Waals surface area contributed by atoms with Crippen LogP contribution in [0.2, 0.25) is 5.02 Å². The Kier molecular flexibility index (Phi) is 9.24. The van der Waals surface area contributed by atoms with Gasteiger partial charge in [-0.25, -0.2) is 5.01 Å². The molecule has 0 spiro atoms. The maximum absolute atomic E-state index is 13.9. The van der Waals surface area contributed by atoms with E-state index in [1.807, 2.05) is 0 Å². The molecule has 0 radical (unpaired) electrons. The monoisotopic (exact) mass is 608 g/mol. The Hall–Kier alpha value is -3.55. The van der Waals surface area contributed by atoms with E-state index >= 15 is 0 Å². The molecule has 3 N–H and O–H groups in total. The molecular weight excluding hydrogens is 577 g/mol. The second-order valence-electron chi connectivity index (χ2n) is 11.0. The van der Waals surface area contributed by atoms with Crippen molar-refractivity contribution in [2.24, 2.45) is 16.3 Å².